The minimum atomic E-state index is -0.734. The molecule has 0 aromatic heterocycles. The zero-order chi connectivity index (χ0) is 25.3. The number of ether oxygens (including phenoxy) is 4. The van der Waals surface area contributed by atoms with Crippen LogP contribution in [0.3, 0.4) is 0 Å². The van der Waals surface area contributed by atoms with Crippen LogP contribution in [0.4, 0.5) is 0 Å². The van der Waals surface area contributed by atoms with Gasteiger partial charge in [-0.05, 0) is 31.5 Å². The van der Waals surface area contributed by atoms with E-state index in [9.17, 15) is 14.4 Å². The zero-order valence-electron chi connectivity index (χ0n) is 19.7. The lowest BCUT2D eigenvalue weighted by Crippen LogP contribution is -2.29. The van der Waals surface area contributed by atoms with Gasteiger partial charge in [-0.1, -0.05) is 40.2 Å². The summed E-state index contributed by atoms with van der Waals surface area (Å²) in [5, 5.41) is 3.25. The maximum Gasteiger partial charge on any atom is 0.343 e. The summed E-state index contributed by atoms with van der Waals surface area (Å²) in [6.07, 6.45) is 0. The Kier molecular flexibility index (Phi) is 6.98. The monoisotopic (exact) mass is 541 g/mol. The molecule has 2 aromatic rings. The quantitative estimate of drug-likeness (QED) is 0.522. The lowest BCUT2D eigenvalue weighted by atomic mass is 9.79. The fourth-order valence-corrected chi connectivity index (χ4v) is 4.92. The van der Waals surface area contributed by atoms with Gasteiger partial charge >= 0.3 is 11.9 Å². The van der Waals surface area contributed by atoms with Crippen molar-refractivity contribution in [2.45, 2.75) is 19.8 Å². The van der Waals surface area contributed by atoms with E-state index in [-0.39, 0.29) is 12.4 Å². The number of dihydropyridines is 1. The van der Waals surface area contributed by atoms with Crippen molar-refractivity contribution in [1.29, 1.82) is 0 Å². The van der Waals surface area contributed by atoms with E-state index in [1.54, 1.807) is 25.1 Å². The molecule has 1 N–H and O–H groups in total. The second kappa shape index (κ2) is 9.95. The number of rotatable bonds is 7. The maximum atomic E-state index is 13.6. The SMILES string of the molecule is CCOc1cc([C@@H]2C(C(=O)OC)=C(C)NC3=C2C(=O)c2ccccc23)c(Br)cc1OCC(=O)OC. The fourth-order valence-electron chi connectivity index (χ4n) is 4.37. The number of hydrogen-bond acceptors (Lipinski definition) is 8. The highest BCUT2D eigenvalue weighted by atomic mass is 79.9. The van der Waals surface area contributed by atoms with Crippen LogP contribution in [0.5, 0.6) is 11.5 Å². The summed E-state index contributed by atoms with van der Waals surface area (Å²) < 4.78 is 21.7. The van der Waals surface area contributed by atoms with Crippen molar-refractivity contribution >= 4 is 39.3 Å². The predicted octanol–water partition coefficient (Wildman–Crippen LogP) is 4.14. The molecule has 35 heavy (non-hydrogen) atoms. The summed E-state index contributed by atoms with van der Waals surface area (Å²) in [4.78, 5) is 38.1. The number of methoxy groups -OCH3 is 2. The van der Waals surface area contributed by atoms with Crippen molar-refractivity contribution < 1.29 is 33.3 Å². The van der Waals surface area contributed by atoms with E-state index in [4.69, 9.17) is 14.2 Å². The molecule has 1 atom stereocenters. The van der Waals surface area contributed by atoms with Crippen LogP contribution in [0.1, 0.15) is 41.3 Å². The number of halogens is 1. The minimum Gasteiger partial charge on any atom is -0.490 e. The molecule has 0 fully saturated rings. The lowest BCUT2D eigenvalue weighted by molar-refractivity contribution is -0.143. The molecule has 2 aromatic carbocycles. The first-order valence-corrected chi connectivity index (χ1v) is 11.7. The fraction of sp³-hybridized carbons (Fsp3) is 0.269. The molecule has 1 aliphatic carbocycles. The molecule has 0 spiro atoms. The third-order valence-corrected chi connectivity index (χ3v) is 6.59. The van der Waals surface area contributed by atoms with Gasteiger partial charge in [0.25, 0.3) is 0 Å². The number of Topliss-reactive ketones (excluding diaryl/α,β-unsaturated/α-hetero) is 1. The van der Waals surface area contributed by atoms with E-state index in [1.165, 1.54) is 14.2 Å². The van der Waals surface area contributed by atoms with Gasteiger partial charge in [0.2, 0.25) is 0 Å². The van der Waals surface area contributed by atoms with Gasteiger partial charge in [0, 0.05) is 26.9 Å². The number of ketones is 1. The smallest absolute Gasteiger partial charge is 0.343 e. The second-order valence-corrected chi connectivity index (χ2v) is 8.72. The van der Waals surface area contributed by atoms with Crippen LogP contribution in [0, 0.1) is 0 Å². The van der Waals surface area contributed by atoms with Crippen LogP contribution in [-0.4, -0.2) is 45.2 Å². The Morgan fingerprint density at radius 1 is 1.03 bits per heavy atom. The largest absolute Gasteiger partial charge is 0.490 e. The highest BCUT2D eigenvalue weighted by molar-refractivity contribution is 9.10. The van der Waals surface area contributed by atoms with Gasteiger partial charge < -0.3 is 24.3 Å². The Labute approximate surface area is 211 Å². The third-order valence-electron chi connectivity index (χ3n) is 5.90. The van der Waals surface area contributed by atoms with E-state index in [2.05, 4.69) is 26.0 Å². The van der Waals surface area contributed by atoms with Gasteiger partial charge in [0.05, 0.1) is 38.0 Å². The average molecular weight is 542 g/mol. The van der Waals surface area contributed by atoms with Crippen LogP contribution in [0.2, 0.25) is 0 Å². The number of fused-ring (bicyclic) bond motifs is 2. The maximum absolute atomic E-state index is 13.6. The van der Waals surface area contributed by atoms with Crippen LogP contribution in [0.25, 0.3) is 5.70 Å². The highest BCUT2D eigenvalue weighted by Gasteiger charge is 2.43. The van der Waals surface area contributed by atoms with Crippen molar-refractivity contribution in [1.82, 2.24) is 5.32 Å². The number of allylic oxidation sites excluding steroid dienone is 2. The summed E-state index contributed by atoms with van der Waals surface area (Å²) in [5.41, 5.74) is 3.97. The first-order chi connectivity index (χ1) is 16.8. The van der Waals surface area contributed by atoms with Crippen molar-refractivity contribution in [3.05, 3.63) is 74.4 Å². The van der Waals surface area contributed by atoms with E-state index in [0.29, 0.717) is 56.2 Å². The normalized spacial score (nSPS) is 16.4. The van der Waals surface area contributed by atoms with E-state index in [0.717, 1.165) is 5.56 Å². The topological polar surface area (TPSA) is 100 Å². The molecule has 0 radical (unpaired) electrons. The first-order valence-electron chi connectivity index (χ1n) is 10.9. The van der Waals surface area contributed by atoms with Crippen LogP contribution < -0.4 is 14.8 Å². The molecule has 2 aliphatic rings. The van der Waals surface area contributed by atoms with Gasteiger partial charge in [-0.2, -0.15) is 0 Å². The molecule has 8 nitrogen and oxygen atoms in total. The Balaban J connectivity index is 1.90. The Hall–Kier alpha value is -3.59. The van der Waals surface area contributed by atoms with Gasteiger partial charge in [-0.25, -0.2) is 9.59 Å². The molecule has 0 amide bonds. The van der Waals surface area contributed by atoms with Crippen LogP contribution in [0.15, 0.2) is 57.7 Å². The molecule has 4 rings (SSSR count). The van der Waals surface area contributed by atoms with Gasteiger partial charge in [-0.15, -0.1) is 0 Å². The Bertz CT molecular complexity index is 1290. The average Bonchev–Trinajstić information content (AvgIpc) is 3.14. The van der Waals surface area contributed by atoms with Crippen LogP contribution >= 0.6 is 15.9 Å². The number of hydrogen-bond donors (Lipinski definition) is 1. The number of carbonyl (C=O) groups excluding carboxylic acids is 3. The van der Waals surface area contributed by atoms with E-state index < -0.39 is 17.9 Å². The van der Waals surface area contributed by atoms with Crippen molar-refractivity contribution in [2.75, 3.05) is 27.4 Å². The molecule has 0 saturated heterocycles. The number of benzene rings is 2. The summed E-state index contributed by atoms with van der Waals surface area (Å²) in [6, 6.07) is 10.7. The van der Waals surface area contributed by atoms with E-state index in [1.807, 2.05) is 25.1 Å². The second-order valence-electron chi connectivity index (χ2n) is 7.87. The Morgan fingerprint density at radius 3 is 2.37 bits per heavy atom. The van der Waals surface area contributed by atoms with Gasteiger partial charge in [0.1, 0.15) is 0 Å². The van der Waals surface area contributed by atoms with Crippen molar-refractivity contribution in [3.8, 4) is 11.5 Å². The predicted molar refractivity (Wildman–Crippen MR) is 131 cm³/mol. The molecule has 1 heterocycles. The molecule has 0 saturated carbocycles. The first kappa shape index (κ1) is 24.5. The summed E-state index contributed by atoms with van der Waals surface area (Å²) in [5.74, 6) is -1.31. The van der Waals surface area contributed by atoms with Gasteiger partial charge in [-0.3, -0.25) is 4.79 Å². The molecular weight excluding hydrogens is 518 g/mol. The van der Waals surface area contributed by atoms with Crippen molar-refractivity contribution in [2.24, 2.45) is 0 Å². The van der Waals surface area contributed by atoms with E-state index >= 15 is 0 Å². The minimum absolute atomic E-state index is 0.169. The third kappa shape index (κ3) is 4.32. The summed E-state index contributed by atoms with van der Waals surface area (Å²) in [7, 11) is 2.58. The Morgan fingerprint density at radius 2 is 1.71 bits per heavy atom. The number of esters is 2. The molecule has 9 heteroatoms. The molecule has 1 aliphatic heterocycles. The summed E-state index contributed by atoms with van der Waals surface area (Å²) in [6.45, 7) is 3.63. The molecular formula is C26H24BrNO7. The molecule has 182 valence electrons. The van der Waals surface area contributed by atoms with Gasteiger partial charge in [0.15, 0.2) is 23.9 Å². The highest BCUT2D eigenvalue weighted by Crippen LogP contribution is 2.50. The van der Waals surface area contributed by atoms with Crippen LogP contribution in [-0.2, 0) is 19.1 Å². The zero-order valence-corrected chi connectivity index (χ0v) is 21.3. The number of carbonyl (C=O) groups is 3. The lowest BCUT2D eigenvalue weighted by Gasteiger charge is -2.30. The summed E-state index contributed by atoms with van der Waals surface area (Å²) >= 11 is 3.58. The molecule has 0 unspecified atom stereocenters. The number of nitrogens with one attached hydrogen (secondary N) is 1. The standard InChI is InChI=1S/C26H24BrNO7/c1-5-34-18-10-16(17(27)11-19(18)35-12-20(29)32-3)22-21(26(31)33-4)13(2)28-24-14-8-6-7-9-15(14)25(30)23(22)24/h6-11,22,28H,5,12H2,1-4H3/t22-/m1/s1. The molecule has 0 bridgehead atoms. The van der Waals surface area contributed by atoms with Crippen molar-refractivity contribution in [3.63, 3.8) is 0 Å².